The van der Waals surface area contributed by atoms with Crippen LogP contribution in [0.4, 0.5) is 0 Å². The molecule has 0 aliphatic carbocycles. The van der Waals surface area contributed by atoms with E-state index in [0.717, 1.165) is 47.8 Å². The zero-order chi connectivity index (χ0) is 23.7. The highest BCUT2D eigenvalue weighted by atomic mass is 16.7. The van der Waals surface area contributed by atoms with Crippen molar-refractivity contribution in [3.05, 3.63) is 76.1 Å². The highest BCUT2D eigenvalue weighted by Gasteiger charge is 2.27. The van der Waals surface area contributed by atoms with Crippen molar-refractivity contribution in [1.82, 2.24) is 19.6 Å². The Hall–Kier alpha value is -3.65. The summed E-state index contributed by atoms with van der Waals surface area (Å²) in [5.41, 5.74) is 3.61. The number of benzene rings is 2. The van der Waals surface area contributed by atoms with Crippen LogP contribution in [0.3, 0.4) is 0 Å². The van der Waals surface area contributed by atoms with Crippen molar-refractivity contribution in [2.75, 3.05) is 33.0 Å². The third-order valence-corrected chi connectivity index (χ3v) is 6.42. The molecule has 8 heteroatoms. The number of fused-ring (bicyclic) bond motifs is 1. The summed E-state index contributed by atoms with van der Waals surface area (Å²) in [6, 6.07) is 16.5. The van der Waals surface area contributed by atoms with E-state index in [2.05, 4.69) is 10.00 Å². The van der Waals surface area contributed by atoms with Gasteiger partial charge >= 0.3 is 0 Å². The first kappa shape index (κ1) is 22.2. The van der Waals surface area contributed by atoms with Gasteiger partial charge in [-0.2, -0.15) is 5.10 Å². The van der Waals surface area contributed by atoms with Crippen LogP contribution in [0.5, 0.6) is 11.5 Å². The van der Waals surface area contributed by atoms with E-state index >= 15 is 0 Å². The number of ether oxygens (including phenoxy) is 2. The Morgan fingerprint density at radius 1 is 0.971 bits per heavy atom. The van der Waals surface area contributed by atoms with Gasteiger partial charge in [-0.25, -0.2) is 4.68 Å². The minimum absolute atomic E-state index is 0.0848. The molecule has 3 heterocycles. The Morgan fingerprint density at radius 2 is 1.71 bits per heavy atom. The molecule has 0 spiro atoms. The Bertz CT molecular complexity index is 1250. The Labute approximate surface area is 198 Å². The summed E-state index contributed by atoms with van der Waals surface area (Å²) in [5.74, 6) is 1.48. The predicted molar refractivity (Wildman–Crippen MR) is 128 cm³/mol. The van der Waals surface area contributed by atoms with E-state index < -0.39 is 6.04 Å². The fourth-order valence-corrected chi connectivity index (χ4v) is 4.37. The fraction of sp³-hybridized carbons (Fsp3) is 0.346. The molecule has 1 unspecified atom stereocenters. The van der Waals surface area contributed by atoms with Crippen LogP contribution in [0.15, 0.2) is 59.4 Å². The van der Waals surface area contributed by atoms with Gasteiger partial charge in [0.1, 0.15) is 6.04 Å². The SMILES string of the molecule is Cc1ccc(-c2ccc(=O)n(C(C)C(=O)N3CCN(Cc4ccc5c(c4)OCO5)CC3)n2)cc1. The van der Waals surface area contributed by atoms with Gasteiger partial charge in [0.25, 0.3) is 5.56 Å². The van der Waals surface area contributed by atoms with Crippen molar-refractivity contribution in [3.8, 4) is 22.8 Å². The highest BCUT2D eigenvalue weighted by molar-refractivity contribution is 5.80. The van der Waals surface area contributed by atoms with Crippen molar-refractivity contribution < 1.29 is 14.3 Å². The molecular weight excluding hydrogens is 432 g/mol. The first-order valence-corrected chi connectivity index (χ1v) is 11.5. The van der Waals surface area contributed by atoms with Crippen LogP contribution >= 0.6 is 0 Å². The molecule has 1 saturated heterocycles. The maximum absolute atomic E-state index is 13.2. The maximum atomic E-state index is 13.2. The molecule has 0 radical (unpaired) electrons. The summed E-state index contributed by atoms with van der Waals surface area (Å²) >= 11 is 0. The van der Waals surface area contributed by atoms with E-state index in [4.69, 9.17) is 9.47 Å². The number of rotatable bonds is 5. The van der Waals surface area contributed by atoms with Crippen LogP contribution in [-0.4, -0.2) is 58.5 Å². The lowest BCUT2D eigenvalue weighted by molar-refractivity contribution is -0.136. The molecule has 176 valence electrons. The van der Waals surface area contributed by atoms with Crippen molar-refractivity contribution in [1.29, 1.82) is 0 Å². The second kappa shape index (κ2) is 9.30. The number of amides is 1. The van der Waals surface area contributed by atoms with Gasteiger partial charge in [-0.05, 0) is 37.6 Å². The van der Waals surface area contributed by atoms with Gasteiger partial charge in [-0.3, -0.25) is 14.5 Å². The number of piperazine rings is 1. The van der Waals surface area contributed by atoms with Crippen molar-refractivity contribution in [2.24, 2.45) is 0 Å². The number of hydrogen-bond acceptors (Lipinski definition) is 6. The standard InChI is InChI=1S/C26H28N4O4/c1-18-3-6-21(7-4-18)22-8-10-25(31)30(27-22)19(2)26(32)29-13-11-28(12-14-29)16-20-5-9-23-24(15-20)34-17-33-23/h3-10,15,19H,11-14,16-17H2,1-2H3. The summed E-state index contributed by atoms with van der Waals surface area (Å²) < 4.78 is 12.2. The van der Waals surface area contributed by atoms with E-state index in [9.17, 15) is 9.59 Å². The molecule has 1 aromatic heterocycles. The number of hydrogen-bond donors (Lipinski definition) is 0. The van der Waals surface area contributed by atoms with E-state index in [0.29, 0.717) is 18.8 Å². The van der Waals surface area contributed by atoms with Crippen LogP contribution in [0.25, 0.3) is 11.3 Å². The van der Waals surface area contributed by atoms with Gasteiger partial charge < -0.3 is 14.4 Å². The van der Waals surface area contributed by atoms with Gasteiger partial charge in [0, 0.05) is 44.4 Å². The van der Waals surface area contributed by atoms with Crippen LogP contribution in [0.1, 0.15) is 24.1 Å². The number of nitrogens with zero attached hydrogens (tertiary/aromatic N) is 4. The summed E-state index contributed by atoms with van der Waals surface area (Å²) in [6.07, 6.45) is 0. The highest BCUT2D eigenvalue weighted by Crippen LogP contribution is 2.32. The molecule has 1 amide bonds. The maximum Gasteiger partial charge on any atom is 0.267 e. The average Bonchev–Trinajstić information content (AvgIpc) is 3.32. The summed E-state index contributed by atoms with van der Waals surface area (Å²) in [5, 5.41) is 4.51. The molecule has 2 aliphatic heterocycles. The monoisotopic (exact) mass is 460 g/mol. The molecule has 2 aliphatic rings. The van der Waals surface area contributed by atoms with E-state index in [-0.39, 0.29) is 18.3 Å². The normalized spacial score (nSPS) is 16.5. The van der Waals surface area contributed by atoms with Gasteiger partial charge in [0.05, 0.1) is 5.69 Å². The number of aryl methyl sites for hydroxylation is 1. The molecular formula is C26H28N4O4. The largest absolute Gasteiger partial charge is 0.454 e. The predicted octanol–water partition coefficient (Wildman–Crippen LogP) is 2.85. The first-order chi connectivity index (χ1) is 16.5. The van der Waals surface area contributed by atoms with E-state index in [1.54, 1.807) is 13.0 Å². The average molecular weight is 461 g/mol. The van der Waals surface area contributed by atoms with Crippen LogP contribution < -0.4 is 15.0 Å². The van der Waals surface area contributed by atoms with Crippen molar-refractivity contribution >= 4 is 5.91 Å². The zero-order valence-electron chi connectivity index (χ0n) is 19.4. The number of carbonyl (C=O) groups excluding carboxylic acids is 1. The first-order valence-electron chi connectivity index (χ1n) is 11.5. The number of aromatic nitrogens is 2. The van der Waals surface area contributed by atoms with Gasteiger partial charge in [0.15, 0.2) is 11.5 Å². The molecule has 34 heavy (non-hydrogen) atoms. The van der Waals surface area contributed by atoms with Crippen LogP contribution in [-0.2, 0) is 11.3 Å². The molecule has 2 aromatic carbocycles. The Balaban J connectivity index is 1.23. The van der Waals surface area contributed by atoms with Crippen LogP contribution in [0, 0.1) is 6.92 Å². The number of carbonyl (C=O) groups is 1. The molecule has 5 rings (SSSR count). The second-order valence-electron chi connectivity index (χ2n) is 8.83. The molecule has 1 atom stereocenters. The molecule has 0 bridgehead atoms. The lowest BCUT2D eigenvalue weighted by Crippen LogP contribution is -2.50. The summed E-state index contributed by atoms with van der Waals surface area (Å²) in [6.45, 7) is 7.57. The Kier molecular flexibility index (Phi) is 6.06. The minimum atomic E-state index is -0.668. The molecule has 0 N–H and O–H groups in total. The molecule has 1 fully saturated rings. The summed E-state index contributed by atoms with van der Waals surface area (Å²) in [7, 11) is 0. The van der Waals surface area contributed by atoms with E-state index in [1.807, 2.05) is 54.3 Å². The zero-order valence-corrected chi connectivity index (χ0v) is 19.4. The van der Waals surface area contributed by atoms with Crippen molar-refractivity contribution in [2.45, 2.75) is 26.4 Å². The Morgan fingerprint density at radius 3 is 2.47 bits per heavy atom. The summed E-state index contributed by atoms with van der Waals surface area (Å²) in [4.78, 5) is 29.9. The fourth-order valence-electron chi connectivity index (χ4n) is 4.37. The third-order valence-electron chi connectivity index (χ3n) is 6.42. The third kappa shape index (κ3) is 4.54. The van der Waals surface area contributed by atoms with Gasteiger partial charge in [-0.1, -0.05) is 35.9 Å². The van der Waals surface area contributed by atoms with E-state index in [1.165, 1.54) is 10.7 Å². The molecule has 3 aromatic rings. The van der Waals surface area contributed by atoms with Crippen molar-refractivity contribution in [3.63, 3.8) is 0 Å². The smallest absolute Gasteiger partial charge is 0.267 e. The molecule has 0 saturated carbocycles. The lowest BCUT2D eigenvalue weighted by atomic mass is 10.1. The lowest BCUT2D eigenvalue weighted by Gasteiger charge is -2.36. The second-order valence-corrected chi connectivity index (χ2v) is 8.83. The van der Waals surface area contributed by atoms with Gasteiger partial charge in [0.2, 0.25) is 12.7 Å². The molecule has 8 nitrogen and oxygen atoms in total. The minimum Gasteiger partial charge on any atom is -0.454 e. The van der Waals surface area contributed by atoms with Gasteiger partial charge in [-0.15, -0.1) is 0 Å². The van der Waals surface area contributed by atoms with Crippen LogP contribution in [0.2, 0.25) is 0 Å². The topological polar surface area (TPSA) is 76.9 Å². The quantitative estimate of drug-likeness (QED) is 0.583.